The lowest BCUT2D eigenvalue weighted by atomic mass is 10.3. The Labute approximate surface area is 142 Å². The van der Waals surface area contributed by atoms with Gasteiger partial charge in [0.05, 0.1) is 11.9 Å². The molecule has 0 radical (unpaired) electrons. The summed E-state index contributed by atoms with van der Waals surface area (Å²) in [5.41, 5.74) is 1.42. The molecular formula is C17H13F3N4O. The largest absolute Gasteiger partial charge is 0.572 e. The number of allylic oxidation sites excluding steroid dienone is 5. The number of alkyl halides is 3. The molecule has 0 aromatic carbocycles. The Morgan fingerprint density at radius 2 is 2.00 bits per heavy atom. The van der Waals surface area contributed by atoms with Crippen LogP contribution in [0.1, 0.15) is 18.3 Å². The first kappa shape index (κ1) is 18.0. The van der Waals surface area contributed by atoms with Crippen molar-refractivity contribution in [3.63, 3.8) is 0 Å². The molecule has 2 aromatic rings. The molecule has 0 spiro atoms. The Kier molecular flexibility index (Phi) is 5.74. The van der Waals surface area contributed by atoms with Gasteiger partial charge in [-0.25, -0.2) is 9.67 Å². The van der Waals surface area contributed by atoms with E-state index in [0.717, 1.165) is 0 Å². The van der Waals surface area contributed by atoms with Crippen LogP contribution in [0.25, 0.3) is 5.70 Å². The van der Waals surface area contributed by atoms with E-state index in [-0.39, 0.29) is 5.76 Å². The fourth-order valence-corrected chi connectivity index (χ4v) is 1.68. The number of nitrogens with zero attached hydrogens (tertiary/aromatic N) is 4. The van der Waals surface area contributed by atoms with Crippen LogP contribution in [0.3, 0.4) is 0 Å². The molecule has 0 N–H and O–H groups in total. The highest BCUT2D eigenvalue weighted by Gasteiger charge is 2.30. The van der Waals surface area contributed by atoms with Gasteiger partial charge in [0.2, 0.25) is 0 Å². The van der Waals surface area contributed by atoms with Gasteiger partial charge in [-0.2, -0.15) is 5.10 Å². The van der Waals surface area contributed by atoms with Crippen LogP contribution in [0.5, 0.6) is 0 Å². The molecule has 0 aliphatic carbocycles. The maximum atomic E-state index is 12.1. The number of rotatable bonds is 4. The normalized spacial score (nSPS) is 12.3. The van der Waals surface area contributed by atoms with Crippen LogP contribution in [0.4, 0.5) is 13.2 Å². The Hall–Kier alpha value is -3.34. The zero-order valence-corrected chi connectivity index (χ0v) is 13.2. The monoisotopic (exact) mass is 346 g/mol. The maximum absolute atomic E-state index is 12.1. The lowest BCUT2D eigenvalue weighted by molar-refractivity contribution is -0.305. The molecule has 0 aliphatic heterocycles. The van der Waals surface area contributed by atoms with Crippen molar-refractivity contribution in [2.45, 2.75) is 13.3 Å². The maximum Gasteiger partial charge on any atom is 0.572 e. The molecule has 2 aromatic heterocycles. The standard InChI is InChI=1S/C17H13F3N4O/c1-3-16(7-4-13(2)25-17(18,19)20)24-11-8-14(23-24)5-6-15-12-21-9-10-22-15/h3-4,7-12H,1H2,2H3/b13-4+,16-7+. The predicted molar refractivity (Wildman–Crippen MR) is 85.6 cm³/mol. The summed E-state index contributed by atoms with van der Waals surface area (Å²) in [6, 6.07) is 1.66. The lowest BCUT2D eigenvalue weighted by Crippen LogP contribution is -2.11. The van der Waals surface area contributed by atoms with E-state index < -0.39 is 6.36 Å². The zero-order chi connectivity index (χ0) is 18.3. The second-order valence-corrected chi connectivity index (χ2v) is 4.61. The molecule has 5 nitrogen and oxygen atoms in total. The second kappa shape index (κ2) is 7.97. The van der Waals surface area contributed by atoms with Crippen molar-refractivity contribution in [2.75, 3.05) is 0 Å². The van der Waals surface area contributed by atoms with E-state index >= 15 is 0 Å². The van der Waals surface area contributed by atoms with Crippen LogP contribution in [-0.2, 0) is 4.74 Å². The minimum absolute atomic E-state index is 0.304. The summed E-state index contributed by atoms with van der Waals surface area (Å²) >= 11 is 0. The van der Waals surface area contributed by atoms with Crippen molar-refractivity contribution < 1.29 is 17.9 Å². The molecule has 128 valence electrons. The van der Waals surface area contributed by atoms with Gasteiger partial charge in [-0.05, 0) is 43.1 Å². The Balaban J connectivity index is 2.16. The van der Waals surface area contributed by atoms with Crippen LogP contribution >= 0.6 is 0 Å². The zero-order valence-electron chi connectivity index (χ0n) is 13.2. The topological polar surface area (TPSA) is 52.8 Å². The first-order chi connectivity index (χ1) is 11.9. The molecule has 0 bridgehead atoms. The van der Waals surface area contributed by atoms with Crippen LogP contribution in [0.15, 0.2) is 61.4 Å². The van der Waals surface area contributed by atoms with Gasteiger partial charge in [-0.3, -0.25) is 4.98 Å². The summed E-state index contributed by atoms with van der Waals surface area (Å²) in [6.07, 6.45) is 5.51. The molecule has 0 fully saturated rings. The summed E-state index contributed by atoms with van der Waals surface area (Å²) < 4.78 is 41.6. The van der Waals surface area contributed by atoms with Gasteiger partial charge in [-0.1, -0.05) is 6.58 Å². The van der Waals surface area contributed by atoms with Gasteiger partial charge in [0.15, 0.2) is 0 Å². The number of ether oxygens (including phenoxy) is 1. The van der Waals surface area contributed by atoms with Crippen LogP contribution < -0.4 is 0 Å². The van der Waals surface area contributed by atoms with E-state index in [1.165, 1.54) is 42.2 Å². The number of hydrogen-bond acceptors (Lipinski definition) is 4. The third-order valence-electron chi connectivity index (χ3n) is 2.71. The van der Waals surface area contributed by atoms with Crippen LogP contribution in [-0.4, -0.2) is 26.1 Å². The molecule has 8 heteroatoms. The van der Waals surface area contributed by atoms with Gasteiger partial charge in [-0.15, -0.1) is 13.2 Å². The fraction of sp³-hybridized carbons (Fsp3) is 0.118. The van der Waals surface area contributed by atoms with E-state index in [0.29, 0.717) is 17.1 Å². The highest BCUT2D eigenvalue weighted by atomic mass is 19.4. The summed E-state index contributed by atoms with van der Waals surface area (Å²) in [7, 11) is 0. The third kappa shape index (κ3) is 5.99. The molecule has 0 saturated carbocycles. The summed E-state index contributed by atoms with van der Waals surface area (Å²) in [4.78, 5) is 7.92. The van der Waals surface area contributed by atoms with Gasteiger partial charge in [0.25, 0.3) is 0 Å². The highest BCUT2D eigenvalue weighted by molar-refractivity contribution is 5.57. The fourth-order valence-electron chi connectivity index (χ4n) is 1.68. The summed E-state index contributed by atoms with van der Waals surface area (Å²) in [5, 5.41) is 4.21. The van der Waals surface area contributed by atoms with Crippen molar-refractivity contribution in [3.05, 3.63) is 72.8 Å². The van der Waals surface area contributed by atoms with Gasteiger partial charge < -0.3 is 4.74 Å². The number of halogens is 3. The number of hydrogen-bond donors (Lipinski definition) is 0. The third-order valence-corrected chi connectivity index (χ3v) is 2.71. The van der Waals surface area contributed by atoms with Crippen LogP contribution in [0.2, 0.25) is 0 Å². The Bertz CT molecular complexity index is 855. The van der Waals surface area contributed by atoms with E-state index in [2.05, 4.69) is 38.2 Å². The number of aromatic nitrogens is 4. The van der Waals surface area contributed by atoms with Crippen molar-refractivity contribution in [1.29, 1.82) is 0 Å². The van der Waals surface area contributed by atoms with Crippen molar-refractivity contribution in [1.82, 2.24) is 19.7 Å². The first-order valence-electron chi connectivity index (χ1n) is 6.98. The minimum atomic E-state index is -4.72. The van der Waals surface area contributed by atoms with Crippen molar-refractivity contribution in [2.24, 2.45) is 0 Å². The lowest BCUT2D eigenvalue weighted by Gasteiger charge is -2.08. The van der Waals surface area contributed by atoms with E-state index in [9.17, 15) is 13.2 Å². The predicted octanol–water partition coefficient (Wildman–Crippen LogP) is 3.54. The minimum Gasteiger partial charge on any atom is -0.411 e. The van der Waals surface area contributed by atoms with E-state index in [1.54, 1.807) is 18.5 Å². The molecule has 0 unspecified atom stereocenters. The highest BCUT2D eigenvalue weighted by Crippen LogP contribution is 2.20. The smallest absolute Gasteiger partial charge is 0.411 e. The SMILES string of the molecule is C=C/C(=C\C=C(/C)OC(F)(F)F)n1ccc(C#Cc2cnccn2)n1. The van der Waals surface area contributed by atoms with Crippen molar-refractivity contribution in [3.8, 4) is 11.8 Å². The summed E-state index contributed by atoms with van der Waals surface area (Å²) in [5.74, 6) is 5.32. The average molecular weight is 346 g/mol. The molecule has 0 atom stereocenters. The second-order valence-electron chi connectivity index (χ2n) is 4.61. The molecule has 0 aliphatic rings. The Morgan fingerprint density at radius 1 is 1.24 bits per heavy atom. The van der Waals surface area contributed by atoms with Crippen molar-refractivity contribution >= 4 is 5.70 Å². The van der Waals surface area contributed by atoms with Gasteiger partial charge in [0, 0.05) is 18.6 Å². The molecule has 2 heterocycles. The van der Waals surface area contributed by atoms with Gasteiger partial charge >= 0.3 is 6.36 Å². The Morgan fingerprint density at radius 3 is 2.64 bits per heavy atom. The van der Waals surface area contributed by atoms with Gasteiger partial charge in [0.1, 0.15) is 17.1 Å². The molecule has 2 rings (SSSR count). The van der Waals surface area contributed by atoms with Crippen LogP contribution in [0, 0.1) is 11.8 Å². The quantitative estimate of drug-likeness (QED) is 0.483. The van der Waals surface area contributed by atoms with E-state index in [1.807, 2.05) is 0 Å². The molecule has 0 amide bonds. The molecule has 25 heavy (non-hydrogen) atoms. The summed E-state index contributed by atoms with van der Waals surface area (Å²) in [6.45, 7) is 4.82. The first-order valence-corrected chi connectivity index (χ1v) is 6.98. The van der Waals surface area contributed by atoms with E-state index in [4.69, 9.17) is 0 Å². The average Bonchev–Trinajstić information content (AvgIpc) is 3.02. The molecular weight excluding hydrogens is 333 g/mol. The molecule has 0 saturated heterocycles.